The quantitative estimate of drug-likeness (QED) is 0.730. The lowest BCUT2D eigenvalue weighted by Crippen LogP contribution is -2.57. The van der Waals surface area contributed by atoms with Crippen LogP contribution >= 0.6 is 12.4 Å². The third kappa shape index (κ3) is 5.55. The van der Waals surface area contributed by atoms with Crippen molar-refractivity contribution in [3.8, 4) is 0 Å². The van der Waals surface area contributed by atoms with Crippen LogP contribution in [-0.2, 0) is 16.6 Å². The van der Waals surface area contributed by atoms with Crippen molar-refractivity contribution in [3.05, 3.63) is 12.0 Å². The highest BCUT2D eigenvalue weighted by Gasteiger charge is 2.44. The van der Waals surface area contributed by atoms with Crippen LogP contribution in [0.5, 0.6) is 0 Å². The number of rotatable bonds is 6. The van der Waals surface area contributed by atoms with Gasteiger partial charge in [0.05, 0.1) is 0 Å². The first-order valence-corrected chi connectivity index (χ1v) is 9.18. The van der Waals surface area contributed by atoms with Gasteiger partial charge >= 0.3 is 6.18 Å². The molecule has 0 saturated carbocycles. The number of hydrogen-bond acceptors (Lipinski definition) is 5. The molecule has 1 aliphatic rings. The Balaban J connectivity index is 0.00000312. The number of nitrogens with zero attached hydrogens (tertiary/aromatic N) is 3. The molecule has 0 bridgehead atoms. The van der Waals surface area contributed by atoms with Gasteiger partial charge in [0.1, 0.15) is 11.9 Å². The zero-order valence-corrected chi connectivity index (χ0v) is 15.6. The third-order valence-corrected chi connectivity index (χ3v) is 5.30. The molecule has 1 aliphatic heterocycles. The Hall–Kier alpha value is -0.880. The van der Waals surface area contributed by atoms with Gasteiger partial charge in [0.2, 0.25) is 0 Å². The third-order valence-electron chi connectivity index (χ3n) is 4.01. The van der Waals surface area contributed by atoms with E-state index in [9.17, 15) is 21.6 Å². The van der Waals surface area contributed by atoms with Crippen molar-refractivity contribution < 1.29 is 21.6 Å². The van der Waals surface area contributed by atoms with Gasteiger partial charge < -0.3 is 9.88 Å². The molecule has 1 unspecified atom stereocenters. The molecule has 146 valence electrons. The monoisotopic (exact) mass is 405 g/mol. The Bertz CT molecular complexity index is 659. The van der Waals surface area contributed by atoms with Crippen molar-refractivity contribution in [1.29, 1.82) is 0 Å². The minimum Gasteiger partial charge on any atom is -0.334 e. The smallest absolute Gasteiger partial charge is 0.334 e. The Kier molecular flexibility index (Phi) is 7.69. The minimum atomic E-state index is -4.52. The van der Waals surface area contributed by atoms with Crippen molar-refractivity contribution in [2.24, 2.45) is 0 Å². The van der Waals surface area contributed by atoms with E-state index in [4.69, 9.17) is 0 Å². The van der Waals surface area contributed by atoms with Crippen molar-refractivity contribution in [2.45, 2.75) is 37.6 Å². The van der Waals surface area contributed by atoms with Gasteiger partial charge in [-0.05, 0) is 13.8 Å². The lowest BCUT2D eigenvalue weighted by atomic mass is 10.2. The van der Waals surface area contributed by atoms with E-state index in [1.54, 1.807) is 11.5 Å². The molecule has 25 heavy (non-hydrogen) atoms. The maximum atomic E-state index is 13.3. The van der Waals surface area contributed by atoms with E-state index in [0.717, 1.165) is 0 Å². The van der Waals surface area contributed by atoms with Crippen LogP contribution in [0.3, 0.4) is 0 Å². The molecular weight excluding hydrogens is 383 g/mol. The highest BCUT2D eigenvalue weighted by Crippen LogP contribution is 2.25. The van der Waals surface area contributed by atoms with Gasteiger partial charge in [-0.1, -0.05) is 0 Å². The second kappa shape index (κ2) is 8.67. The highest BCUT2D eigenvalue weighted by atomic mass is 35.5. The summed E-state index contributed by atoms with van der Waals surface area (Å²) in [5.74, 6) is 0.493. The minimum absolute atomic E-state index is 0. The number of sulfonamides is 1. The average Bonchev–Trinajstić information content (AvgIpc) is 2.89. The van der Waals surface area contributed by atoms with E-state index in [0.29, 0.717) is 25.5 Å². The van der Waals surface area contributed by atoms with E-state index in [2.05, 4.69) is 15.0 Å². The summed E-state index contributed by atoms with van der Waals surface area (Å²) in [6, 6.07) is -1.86. The first-order valence-electron chi connectivity index (χ1n) is 7.70. The van der Waals surface area contributed by atoms with Crippen molar-refractivity contribution >= 4 is 22.4 Å². The van der Waals surface area contributed by atoms with Crippen LogP contribution in [0.25, 0.3) is 0 Å². The highest BCUT2D eigenvalue weighted by molar-refractivity contribution is 7.89. The van der Waals surface area contributed by atoms with Crippen LogP contribution in [0.15, 0.2) is 11.2 Å². The SMILES string of the molecule is CCn1cc(S(=O)(=O)NCC(N2CCNCC2)C(F)(F)F)nc1C.Cl. The molecule has 2 heterocycles. The number of aryl methyl sites for hydroxylation is 2. The topological polar surface area (TPSA) is 79.3 Å². The summed E-state index contributed by atoms with van der Waals surface area (Å²) >= 11 is 0. The summed E-state index contributed by atoms with van der Waals surface area (Å²) < 4.78 is 68.0. The standard InChI is InChI=1S/C13H22F3N5O2S.ClH/c1-3-20-9-12(19-10(20)2)24(22,23)18-8-11(13(14,15)16)21-6-4-17-5-7-21;/h9,11,17-18H,3-8H2,1-2H3;1H. The molecule has 1 saturated heterocycles. The number of alkyl halides is 3. The predicted molar refractivity (Wildman–Crippen MR) is 89.4 cm³/mol. The van der Waals surface area contributed by atoms with Crippen molar-refractivity contribution in [1.82, 2.24) is 24.5 Å². The second-order valence-electron chi connectivity index (χ2n) is 5.61. The van der Waals surface area contributed by atoms with Gasteiger partial charge in [-0.25, -0.2) is 18.1 Å². The lowest BCUT2D eigenvalue weighted by molar-refractivity contribution is -0.182. The molecule has 0 aromatic carbocycles. The van der Waals surface area contributed by atoms with Gasteiger partial charge in [0.15, 0.2) is 5.03 Å². The summed E-state index contributed by atoms with van der Waals surface area (Å²) in [7, 11) is -4.09. The van der Waals surface area contributed by atoms with E-state index >= 15 is 0 Å². The summed E-state index contributed by atoms with van der Waals surface area (Å²) in [6.45, 7) is 4.58. The summed E-state index contributed by atoms with van der Waals surface area (Å²) in [4.78, 5) is 5.16. The second-order valence-corrected chi connectivity index (χ2v) is 7.32. The van der Waals surface area contributed by atoms with E-state index in [1.807, 2.05) is 6.92 Å². The average molecular weight is 406 g/mol. The molecule has 0 spiro atoms. The Morgan fingerprint density at radius 2 is 1.96 bits per heavy atom. The van der Waals surface area contributed by atoms with Gasteiger partial charge in [0, 0.05) is 45.5 Å². The number of imidazole rings is 1. The van der Waals surface area contributed by atoms with Crippen molar-refractivity contribution in [2.75, 3.05) is 32.7 Å². The van der Waals surface area contributed by atoms with Crippen molar-refractivity contribution in [3.63, 3.8) is 0 Å². The molecular formula is C13H23ClF3N5O2S. The maximum absolute atomic E-state index is 13.3. The van der Waals surface area contributed by atoms with Gasteiger partial charge in [0.25, 0.3) is 10.0 Å². The summed E-state index contributed by atoms with van der Waals surface area (Å²) in [5, 5.41) is 2.71. The fraction of sp³-hybridized carbons (Fsp3) is 0.769. The normalized spacial score (nSPS) is 18.0. The number of piperazine rings is 1. The van der Waals surface area contributed by atoms with Crippen LogP contribution in [0, 0.1) is 6.92 Å². The Labute approximate surface area is 151 Å². The molecule has 2 rings (SSSR count). The molecule has 7 nitrogen and oxygen atoms in total. The fourth-order valence-corrected chi connectivity index (χ4v) is 3.68. The van der Waals surface area contributed by atoms with E-state index in [1.165, 1.54) is 11.1 Å². The molecule has 1 aromatic rings. The molecule has 1 aromatic heterocycles. The van der Waals surface area contributed by atoms with Crippen LogP contribution in [0.1, 0.15) is 12.7 Å². The Morgan fingerprint density at radius 1 is 1.36 bits per heavy atom. The first-order chi connectivity index (χ1) is 11.1. The fourth-order valence-electron chi connectivity index (χ4n) is 2.64. The largest absolute Gasteiger partial charge is 0.405 e. The molecule has 1 atom stereocenters. The van der Waals surface area contributed by atoms with Crippen LogP contribution < -0.4 is 10.0 Å². The Morgan fingerprint density at radius 3 is 2.44 bits per heavy atom. The number of nitrogens with one attached hydrogen (secondary N) is 2. The molecule has 12 heteroatoms. The van der Waals surface area contributed by atoms with Gasteiger partial charge in [-0.15, -0.1) is 12.4 Å². The van der Waals surface area contributed by atoms with E-state index in [-0.39, 0.29) is 30.5 Å². The van der Waals surface area contributed by atoms with Gasteiger partial charge in [-0.2, -0.15) is 13.2 Å². The first kappa shape index (κ1) is 22.2. The maximum Gasteiger partial charge on any atom is 0.405 e. The predicted octanol–water partition coefficient (Wildman–Crippen LogP) is 0.748. The van der Waals surface area contributed by atoms with Crippen LogP contribution in [0.2, 0.25) is 0 Å². The zero-order valence-electron chi connectivity index (χ0n) is 14.0. The van der Waals surface area contributed by atoms with Crippen LogP contribution in [0.4, 0.5) is 13.2 Å². The molecule has 2 N–H and O–H groups in total. The van der Waals surface area contributed by atoms with Gasteiger partial charge in [-0.3, -0.25) is 4.90 Å². The summed E-state index contributed by atoms with van der Waals surface area (Å²) in [6.07, 6.45) is -3.19. The molecule has 0 aliphatic carbocycles. The molecule has 0 radical (unpaired) electrons. The molecule has 1 fully saturated rings. The number of halogens is 4. The molecule has 0 amide bonds. The van der Waals surface area contributed by atoms with Crippen LogP contribution in [-0.4, -0.2) is 67.8 Å². The summed E-state index contributed by atoms with van der Waals surface area (Å²) in [5.41, 5.74) is 0. The zero-order chi connectivity index (χ0) is 18.0. The van der Waals surface area contributed by atoms with E-state index < -0.39 is 28.8 Å². The number of hydrogen-bond donors (Lipinski definition) is 2. The number of aromatic nitrogens is 2. The lowest BCUT2D eigenvalue weighted by Gasteiger charge is -2.35.